The second-order valence-corrected chi connectivity index (χ2v) is 7.27. The van der Waals surface area contributed by atoms with Gasteiger partial charge in [-0.05, 0) is 43.7 Å². The summed E-state index contributed by atoms with van der Waals surface area (Å²) in [5.41, 5.74) is 3.07. The first-order chi connectivity index (χ1) is 13.6. The van der Waals surface area contributed by atoms with Crippen molar-refractivity contribution in [3.05, 3.63) is 54.1 Å². The molecule has 0 aromatic heterocycles. The highest BCUT2D eigenvalue weighted by Crippen LogP contribution is 2.29. The van der Waals surface area contributed by atoms with Gasteiger partial charge in [-0.2, -0.15) is 0 Å². The summed E-state index contributed by atoms with van der Waals surface area (Å²) in [6.45, 7) is 4.93. The Balaban J connectivity index is 1.55. The molecule has 2 aromatic rings. The highest BCUT2D eigenvalue weighted by atomic mass is 16.5. The van der Waals surface area contributed by atoms with Crippen LogP contribution in [0.3, 0.4) is 0 Å². The summed E-state index contributed by atoms with van der Waals surface area (Å²) in [4.78, 5) is 29.2. The molecule has 0 bridgehead atoms. The van der Waals surface area contributed by atoms with Crippen LogP contribution in [0.1, 0.15) is 30.1 Å². The van der Waals surface area contributed by atoms with Crippen LogP contribution in [0.5, 0.6) is 0 Å². The van der Waals surface area contributed by atoms with Crippen molar-refractivity contribution >= 4 is 28.9 Å². The predicted molar refractivity (Wildman–Crippen MR) is 110 cm³/mol. The van der Waals surface area contributed by atoms with Crippen LogP contribution in [0.25, 0.3) is 0 Å². The third-order valence-corrected chi connectivity index (χ3v) is 5.37. The number of morpholine rings is 1. The minimum Gasteiger partial charge on any atom is -0.378 e. The normalized spacial score (nSPS) is 19.8. The molecule has 1 N–H and O–H groups in total. The van der Waals surface area contributed by atoms with Gasteiger partial charge in [-0.15, -0.1) is 0 Å². The van der Waals surface area contributed by atoms with Crippen LogP contribution in [0.15, 0.2) is 48.5 Å². The van der Waals surface area contributed by atoms with Crippen LogP contribution in [0.2, 0.25) is 0 Å². The van der Waals surface area contributed by atoms with E-state index in [1.165, 1.54) is 0 Å². The molecule has 4 rings (SSSR count). The second kappa shape index (κ2) is 8.02. The largest absolute Gasteiger partial charge is 0.378 e. The minimum atomic E-state index is -0.153. The lowest BCUT2D eigenvalue weighted by Crippen LogP contribution is -2.37. The molecular formula is C22H25N3O3. The fourth-order valence-electron chi connectivity index (χ4n) is 3.90. The van der Waals surface area contributed by atoms with E-state index >= 15 is 0 Å². The van der Waals surface area contributed by atoms with Crippen LogP contribution in [-0.4, -0.2) is 44.2 Å². The quantitative estimate of drug-likeness (QED) is 0.886. The molecule has 2 aromatic carbocycles. The molecule has 6 heteroatoms. The molecule has 28 heavy (non-hydrogen) atoms. The summed E-state index contributed by atoms with van der Waals surface area (Å²) >= 11 is 0. The second-order valence-electron chi connectivity index (χ2n) is 7.27. The molecule has 6 nitrogen and oxygen atoms in total. The summed E-state index contributed by atoms with van der Waals surface area (Å²) in [7, 11) is 0. The summed E-state index contributed by atoms with van der Waals surface area (Å²) in [5.74, 6) is -0.0197. The third-order valence-electron chi connectivity index (χ3n) is 5.37. The number of amides is 2. The van der Waals surface area contributed by atoms with Gasteiger partial charge in [0, 0.05) is 42.6 Å². The number of benzene rings is 2. The molecule has 2 saturated heterocycles. The number of carbonyl (C=O) groups excluding carboxylic acids is 2. The molecule has 2 aliphatic rings. The number of carbonyl (C=O) groups is 2. The lowest BCUT2D eigenvalue weighted by molar-refractivity contribution is -0.117. The van der Waals surface area contributed by atoms with Gasteiger partial charge in [-0.1, -0.05) is 18.2 Å². The van der Waals surface area contributed by atoms with Crippen molar-refractivity contribution in [2.75, 3.05) is 41.4 Å². The molecule has 2 aliphatic heterocycles. The Hall–Kier alpha value is -2.86. The smallest absolute Gasteiger partial charge is 0.257 e. The summed E-state index contributed by atoms with van der Waals surface area (Å²) in [5, 5.41) is 3.00. The maximum atomic E-state index is 13.0. The number of nitrogens with zero attached hydrogens (tertiary/aromatic N) is 2. The van der Waals surface area contributed by atoms with Gasteiger partial charge in [0.05, 0.1) is 18.8 Å². The molecule has 146 valence electrons. The first kappa shape index (κ1) is 18.5. The Morgan fingerprint density at radius 2 is 1.89 bits per heavy atom. The lowest BCUT2D eigenvalue weighted by atomic mass is 10.1. The van der Waals surface area contributed by atoms with Crippen LogP contribution in [0.4, 0.5) is 17.1 Å². The molecule has 0 radical (unpaired) electrons. The van der Waals surface area contributed by atoms with E-state index in [0.29, 0.717) is 30.9 Å². The van der Waals surface area contributed by atoms with E-state index in [1.54, 1.807) is 0 Å². The van der Waals surface area contributed by atoms with Crippen LogP contribution >= 0.6 is 0 Å². The van der Waals surface area contributed by atoms with Crippen molar-refractivity contribution in [2.24, 2.45) is 0 Å². The van der Waals surface area contributed by atoms with E-state index in [1.807, 2.05) is 53.4 Å². The average molecular weight is 379 g/mol. The minimum absolute atomic E-state index is 0.133. The molecule has 2 fully saturated rings. The van der Waals surface area contributed by atoms with Crippen LogP contribution < -0.4 is 15.1 Å². The zero-order chi connectivity index (χ0) is 19.5. The van der Waals surface area contributed by atoms with Crippen LogP contribution in [-0.2, 0) is 9.53 Å². The van der Waals surface area contributed by atoms with E-state index in [-0.39, 0.29) is 17.9 Å². The zero-order valence-corrected chi connectivity index (χ0v) is 16.1. The monoisotopic (exact) mass is 379 g/mol. The SMILES string of the molecule is CC1CCC(=O)N1c1cccc(NC(=O)c2ccccc2N2CCOCC2)c1. The number of para-hydroxylation sites is 1. The molecule has 0 aliphatic carbocycles. The molecule has 1 atom stereocenters. The van der Waals surface area contributed by atoms with E-state index in [9.17, 15) is 9.59 Å². The maximum absolute atomic E-state index is 13.0. The first-order valence-electron chi connectivity index (χ1n) is 9.78. The van der Waals surface area contributed by atoms with Gasteiger partial charge in [-0.25, -0.2) is 0 Å². The molecule has 0 saturated carbocycles. The number of hydrogen-bond acceptors (Lipinski definition) is 4. The molecular weight excluding hydrogens is 354 g/mol. The number of nitrogens with one attached hydrogen (secondary N) is 1. The number of ether oxygens (including phenoxy) is 1. The third kappa shape index (κ3) is 3.73. The van der Waals surface area contributed by atoms with Gasteiger partial charge in [-0.3, -0.25) is 9.59 Å². The van der Waals surface area contributed by atoms with Crippen molar-refractivity contribution in [2.45, 2.75) is 25.8 Å². The van der Waals surface area contributed by atoms with E-state index in [2.05, 4.69) is 17.1 Å². The van der Waals surface area contributed by atoms with Gasteiger partial charge >= 0.3 is 0 Å². The predicted octanol–water partition coefficient (Wildman–Crippen LogP) is 3.29. The summed E-state index contributed by atoms with van der Waals surface area (Å²) in [6, 6.07) is 15.3. The van der Waals surface area contributed by atoms with Crippen molar-refractivity contribution in [3.63, 3.8) is 0 Å². The van der Waals surface area contributed by atoms with Gasteiger partial charge in [0.25, 0.3) is 5.91 Å². The topological polar surface area (TPSA) is 61.9 Å². The van der Waals surface area contributed by atoms with Crippen molar-refractivity contribution in [1.29, 1.82) is 0 Å². The van der Waals surface area contributed by atoms with E-state index in [4.69, 9.17) is 4.74 Å². The summed E-state index contributed by atoms with van der Waals surface area (Å²) in [6.07, 6.45) is 1.44. The van der Waals surface area contributed by atoms with Crippen LogP contribution in [0, 0.1) is 0 Å². The van der Waals surface area contributed by atoms with Gasteiger partial charge in [0.1, 0.15) is 0 Å². The standard InChI is InChI=1S/C22H25N3O3/c1-16-9-10-21(26)25(16)18-6-4-5-17(15-18)23-22(27)19-7-2-3-8-20(19)24-11-13-28-14-12-24/h2-8,15-16H,9-14H2,1H3,(H,23,27). The Kier molecular flexibility index (Phi) is 5.30. The van der Waals surface area contributed by atoms with Crippen molar-refractivity contribution in [1.82, 2.24) is 0 Å². The van der Waals surface area contributed by atoms with E-state index in [0.717, 1.165) is 30.9 Å². The Morgan fingerprint density at radius 1 is 1.11 bits per heavy atom. The van der Waals surface area contributed by atoms with Crippen molar-refractivity contribution in [3.8, 4) is 0 Å². The Bertz CT molecular complexity index is 877. The number of anilines is 3. The van der Waals surface area contributed by atoms with Gasteiger partial charge < -0.3 is 19.9 Å². The molecule has 0 spiro atoms. The first-order valence-corrected chi connectivity index (χ1v) is 9.78. The Morgan fingerprint density at radius 3 is 2.64 bits per heavy atom. The zero-order valence-electron chi connectivity index (χ0n) is 16.1. The Labute approximate surface area is 165 Å². The van der Waals surface area contributed by atoms with Gasteiger partial charge in [0.2, 0.25) is 5.91 Å². The van der Waals surface area contributed by atoms with Crippen molar-refractivity contribution < 1.29 is 14.3 Å². The van der Waals surface area contributed by atoms with Gasteiger partial charge in [0.15, 0.2) is 0 Å². The fourth-order valence-corrected chi connectivity index (χ4v) is 3.90. The highest BCUT2D eigenvalue weighted by Gasteiger charge is 2.29. The lowest BCUT2D eigenvalue weighted by Gasteiger charge is -2.30. The molecule has 2 amide bonds. The fraction of sp³-hybridized carbons (Fsp3) is 0.364. The number of hydrogen-bond donors (Lipinski definition) is 1. The number of rotatable bonds is 4. The molecule has 1 unspecified atom stereocenters. The maximum Gasteiger partial charge on any atom is 0.257 e. The summed E-state index contributed by atoms with van der Waals surface area (Å²) < 4.78 is 5.42. The highest BCUT2D eigenvalue weighted by molar-refractivity contribution is 6.08. The molecule has 2 heterocycles. The average Bonchev–Trinajstić information content (AvgIpc) is 3.07. The van der Waals surface area contributed by atoms with E-state index < -0.39 is 0 Å².